The molecule has 2 heterocycles. The Balaban J connectivity index is 2.51. The third-order valence-corrected chi connectivity index (χ3v) is 2.44. The quantitative estimate of drug-likeness (QED) is 0.662. The van der Waals surface area contributed by atoms with Crippen LogP contribution in [0.4, 0.5) is 5.95 Å². The second-order valence-electron chi connectivity index (χ2n) is 3.05. The molecule has 0 aromatic carbocycles. The van der Waals surface area contributed by atoms with E-state index in [0.29, 0.717) is 5.69 Å². The predicted octanol–water partition coefficient (Wildman–Crippen LogP) is 1.03. The Morgan fingerprint density at radius 3 is 2.83 bits per heavy atom. The summed E-state index contributed by atoms with van der Waals surface area (Å²) in [5.41, 5.74) is 0.104. The highest BCUT2D eigenvalue weighted by atomic mass is 79.9. The summed E-state index contributed by atoms with van der Waals surface area (Å²) in [7, 11) is 0. The first-order valence-corrected chi connectivity index (χ1v) is 5.25. The van der Waals surface area contributed by atoms with Gasteiger partial charge in [-0.05, 0) is 22.0 Å². The molecular weight excluding hydrogens is 310 g/mol. The maximum Gasteiger partial charge on any atom is 0.492 e. The van der Waals surface area contributed by atoms with Crippen molar-refractivity contribution in [1.29, 1.82) is 0 Å². The number of aromatic carboxylic acids is 1. The summed E-state index contributed by atoms with van der Waals surface area (Å²) in [5.74, 6) is -1.79. The van der Waals surface area contributed by atoms with Crippen molar-refractivity contribution >= 4 is 27.8 Å². The van der Waals surface area contributed by atoms with Crippen molar-refractivity contribution < 1.29 is 14.8 Å². The summed E-state index contributed by atoms with van der Waals surface area (Å²) < 4.78 is 1.20. The Morgan fingerprint density at radius 1 is 1.56 bits per heavy atom. The van der Waals surface area contributed by atoms with E-state index in [4.69, 9.17) is 5.11 Å². The smallest absolute Gasteiger partial charge is 0.477 e. The Morgan fingerprint density at radius 2 is 2.28 bits per heavy atom. The van der Waals surface area contributed by atoms with Gasteiger partial charge in [-0.15, -0.1) is 4.68 Å². The van der Waals surface area contributed by atoms with Crippen molar-refractivity contribution in [2.45, 2.75) is 0 Å². The lowest BCUT2D eigenvalue weighted by atomic mass is 10.3. The van der Waals surface area contributed by atoms with Gasteiger partial charge in [-0.1, -0.05) is 0 Å². The van der Waals surface area contributed by atoms with Crippen molar-refractivity contribution in [2.75, 3.05) is 0 Å². The van der Waals surface area contributed by atoms with Crippen LogP contribution < -0.4 is 0 Å². The first-order chi connectivity index (χ1) is 8.49. The van der Waals surface area contributed by atoms with E-state index >= 15 is 0 Å². The molecule has 2 rings (SSSR count). The highest BCUT2D eigenvalue weighted by molar-refractivity contribution is 9.10. The van der Waals surface area contributed by atoms with Crippen molar-refractivity contribution in [3.8, 4) is 5.69 Å². The topological polar surface area (TPSA) is 124 Å². The van der Waals surface area contributed by atoms with E-state index in [-0.39, 0.29) is 10.4 Å². The van der Waals surface area contributed by atoms with Gasteiger partial charge in [-0.3, -0.25) is 0 Å². The Labute approximate surface area is 107 Å². The van der Waals surface area contributed by atoms with E-state index in [1.54, 1.807) is 0 Å². The molecule has 0 aliphatic rings. The molecule has 0 saturated heterocycles. The van der Waals surface area contributed by atoms with Gasteiger partial charge in [-0.2, -0.15) is 0 Å². The minimum absolute atomic E-state index is 0.0942. The fraction of sp³-hybridized carbons (Fsp3) is 0. The number of halogens is 1. The molecule has 0 bridgehead atoms. The summed E-state index contributed by atoms with van der Waals surface area (Å²) in [4.78, 5) is 27.7. The van der Waals surface area contributed by atoms with E-state index in [1.165, 1.54) is 18.3 Å². The average molecular weight is 314 g/mol. The van der Waals surface area contributed by atoms with E-state index in [0.717, 1.165) is 4.68 Å². The van der Waals surface area contributed by atoms with Crippen LogP contribution in [0.15, 0.2) is 23.1 Å². The van der Waals surface area contributed by atoms with Crippen LogP contribution in [0, 0.1) is 10.1 Å². The lowest BCUT2D eigenvalue weighted by Crippen LogP contribution is -2.04. The highest BCUT2D eigenvalue weighted by Gasteiger charge is 2.21. The van der Waals surface area contributed by atoms with Crippen molar-refractivity contribution in [3.63, 3.8) is 0 Å². The monoisotopic (exact) mass is 313 g/mol. The number of hydrogen-bond acceptors (Lipinski definition) is 6. The molecule has 0 fully saturated rings. The Hall–Kier alpha value is -2.36. The van der Waals surface area contributed by atoms with Crippen LogP contribution in [0.3, 0.4) is 0 Å². The maximum atomic E-state index is 10.8. The Bertz CT molecular complexity index is 640. The standard InChI is InChI=1S/C8H4BrN5O4/c9-7-11-8(14(17)18)12-13(7)4-1-2-10-5(3-4)6(15)16/h1-3H,(H,15,16). The molecule has 0 spiro atoms. The first-order valence-electron chi connectivity index (χ1n) is 4.45. The molecule has 0 aliphatic heterocycles. The van der Waals surface area contributed by atoms with Crippen LogP contribution in [-0.2, 0) is 0 Å². The molecule has 0 radical (unpaired) electrons. The molecule has 2 aromatic rings. The fourth-order valence-corrected chi connectivity index (χ4v) is 1.64. The molecule has 0 atom stereocenters. The van der Waals surface area contributed by atoms with Crippen LogP contribution in [0.1, 0.15) is 10.5 Å². The average Bonchev–Trinajstić information content (AvgIpc) is 2.72. The number of hydrogen-bond donors (Lipinski definition) is 1. The van der Waals surface area contributed by atoms with Crippen molar-refractivity contribution in [3.05, 3.63) is 38.9 Å². The van der Waals surface area contributed by atoms with Crippen LogP contribution in [0.25, 0.3) is 5.69 Å². The summed E-state index contributed by atoms with van der Waals surface area (Å²) in [6, 6.07) is 2.68. The van der Waals surface area contributed by atoms with Gasteiger partial charge >= 0.3 is 11.9 Å². The van der Waals surface area contributed by atoms with E-state index in [1.807, 2.05) is 0 Å². The molecule has 92 valence electrons. The lowest BCUT2D eigenvalue weighted by molar-refractivity contribution is -0.394. The van der Waals surface area contributed by atoms with Gasteiger partial charge in [0.25, 0.3) is 4.73 Å². The highest BCUT2D eigenvalue weighted by Crippen LogP contribution is 2.17. The molecule has 9 nitrogen and oxygen atoms in total. The molecular formula is C8H4BrN5O4. The third-order valence-electron chi connectivity index (χ3n) is 1.93. The second kappa shape index (κ2) is 4.49. The van der Waals surface area contributed by atoms with Gasteiger partial charge in [0.05, 0.1) is 5.69 Å². The zero-order chi connectivity index (χ0) is 13.3. The summed E-state index contributed by atoms with van der Waals surface area (Å²) in [6.07, 6.45) is 1.26. The SMILES string of the molecule is O=C(O)c1cc(-n2nc([N+](=O)[O-])nc2Br)ccn1. The number of rotatable bonds is 3. The normalized spacial score (nSPS) is 10.3. The second-order valence-corrected chi connectivity index (χ2v) is 3.76. The molecule has 0 unspecified atom stereocenters. The number of nitro groups is 1. The van der Waals surface area contributed by atoms with Gasteiger partial charge in [0.15, 0.2) is 0 Å². The fourth-order valence-electron chi connectivity index (χ4n) is 1.19. The number of carbonyl (C=O) groups is 1. The molecule has 18 heavy (non-hydrogen) atoms. The van der Waals surface area contributed by atoms with Gasteiger partial charge in [0, 0.05) is 27.2 Å². The zero-order valence-electron chi connectivity index (χ0n) is 8.52. The Kier molecular flexibility index (Phi) is 3.02. The van der Waals surface area contributed by atoms with E-state index in [2.05, 4.69) is 31.0 Å². The molecule has 0 aliphatic carbocycles. The van der Waals surface area contributed by atoms with Crippen LogP contribution in [-0.4, -0.2) is 35.7 Å². The predicted molar refractivity (Wildman–Crippen MR) is 60.5 cm³/mol. The van der Waals surface area contributed by atoms with Crippen molar-refractivity contribution in [1.82, 2.24) is 19.7 Å². The number of carboxylic acid groups (broad SMARTS) is 1. The minimum Gasteiger partial charge on any atom is -0.477 e. The number of nitrogens with zero attached hydrogens (tertiary/aromatic N) is 5. The first kappa shape index (κ1) is 12.1. The lowest BCUT2D eigenvalue weighted by Gasteiger charge is -1.98. The molecule has 1 N–H and O–H groups in total. The third kappa shape index (κ3) is 2.18. The molecule has 10 heteroatoms. The maximum absolute atomic E-state index is 10.8. The summed E-state index contributed by atoms with van der Waals surface area (Å²) >= 11 is 3.00. The van der Waals surface area contributed by atoms with Gasteiger partial charge in [0.2, 0.25) is 0 Å². The van der Waals surface area contributed by atoms with E-state index in [9.17, 15) is 14.9 Å². The van der Waals surface area contributed by atoms with Crippen molar-refractivity contribution in [2.24, 2.45) is 0 Å². The van der Waals surface area contributed by atoms with Crippen LogP contribution >= 0.6 is 15.9 Å². The largest absolute Gasteiger partial charge is 0.492 e. The number of carboxylic acids is 1. The number of pyridine rings is 1. The van der Waals surface area contributed by atoms with E-state index < -0.39 is 16.8 Å². The summed E-state index contributed by atoms with van der Waals surface area (Å²) in [5, 5.41) is 22.9. The molecule has 0 amide bonds. The van der Waals surface area contributed by atoms with Crippen LogP contribution in [0.2, 0.25) is 0 Å². The molecule has 0 saturated carbocycles. The summed E-state index contributed by atoms with van der Waals surface area (Å²) in [6.45, 7) is 0. The minimum atomic E-state index is -1.21. The van der Waals surface area contributed by atoms with Gasteiger partial charge in [0.1, 0.15) is 5.69 Å². The van der Waals surface area contributed by atoms with Crippen LogP contribution in [0.5, 0.6) is 0 Å². The van der Waals surface area contributed by atoms with Gasteiger partial charge < -0.3 is 15.2 Å². The zero-order valence-corrected chi connectivity index (χ0v) is 10.1. The molecule has 2 aromatic heterocycles. The van der Waals surface area contributed by atoms with Gasteiger partial charge in [-0.25, -0.2) is 9.78 Å². The number of aromatic nitrogens is 4.